The van der Waals surface area contributed by atoms with Crippen molar-refractivity contribution in [1.82, 2.24) is 9.78 Å². The second-order valence-corrected chi connectivity index (χ2v) is 4.41. The van der Waals surface area contributed by atoms with E-state index >= 15 is 0 Å². The molecule has 94 valence electrons. The summed E-state index contributed by atoms with van der Waals surface area (Å²) in [4.78, 5) is 0. The van der Waals surface area contributed by atoms with Gasteiger partial charge < -0.3 is 0 Å². The topological polar surface area (TPSA) is 42.2 Å². The quantitative estimate of drug-likeness (QED) is 0.661. The minimum atomic E-state index is 0.708. The molecule has 0 saturated heterocycles. The molecule has 1 N–H and O–H groups in total. The maximum atomic E-state index is 4.41. The molecule has 1 aromatic carbocycles. The largest absolute Gasteiger partial charge is 0.279 e. The Labute approximate surface area is 107 Å². The van der Waals surface area contributed by atoms with Crippen molar-refractivity contribution >= 4 is 11.4 Å². The van der Waals surface area contributed by atoms with Gasteiger partial charge in [-0.2, -0.15) is 10.2 Å². The summed E-state index contributed by atoms with van der Waals surface area (Å²) in [6.07, 6.45) is 0. The van der Waals surface area contributed by atoms with E-state index in [0.717, 1.165) is 22.8 Å². The number of rotatable bonds is 4. The standard InChI is InChI=1S/C14H18N4/c1-11-9-13(3)18(17-11)10-12(2)15-16-14-7-5-4-6-8-14/h4-9,16H,10H2,1-3H3. The zero-order valence-corrected chi connectivity index (χ0v) is 11.0. The van der Waals surface area contributed by atoms with Crippen molar-refractivity contribution in [3.05, 3.63) is 47.8 Å². The van der Waals surface area contributed by atoms with Crippen LogP contribution in [0.25, 0.3) is 0 Å². The molecule has 0 unspecified atom stereocenters. The van der Waals surface area contributed by atoms with E-state index in [1.165, 1.54) is 0 Å². The van der Waals surface area contributed by atoms with Crippen LogP contribution in [-0.2, 0) is 6.54 Å². The van der Waals surface area contributed by atoms with Gasteiger partial charge >= 0.3 is 0 Å². The summed E-state index contributed by atoms with van der Waals surface area (Å²) in [5.41, 5.74) is 7.21. The van der Waals surface area contributed by atoms with Crippen LogP contribution in [0.15, 0.2) is 41.5 Å². The summed E-state index contributed by atoms with van der Waals surface area (Å²) >= 11 is 0. The second-order valence-electron chi connectivity index (χ2n) is 4.41. The number of hydrogen-bond donors (Lipinski definition) is 1. The number of aromatic nitrogens is 2. The zero-order chi connectivity index (χ0) is 13.0. The average molecular weight is 242 g/mol. The smallest absolute Gasteiger partial charge is 0.0810 e. The van der Waals surface area contributed by atoms with E-state index in [1.807, 2.05) is 48.9 Å². The highest BCUT2D eigenvalue weighted by atomic mass is 15.3. The number of nitrogens with zero attached hydrogens (tertiary/aromatic N) is 3. The van der Waals surface area contributed by atoms with Crippen LogP contribution in [0.1, 0.15) is 18.3 Å². The van der Waals surface area contributed by atoms with Crippen molar-refractivity contribution < 1.29 is 0 Å². The van der Waals surface area contributed by atoms with Crippen LogP contribution in [0, 0.1) is 13.8 Å². The Kier molecular flexibility index (Phi) is 3.77. The lowest BCUT2D eigenvalue weighted by molar-refractivity contribution is 0.690. The van der Waals surface area contributed by atoms with Crippen molar-refractivity contribution in [2.75, 3.05) is 5.43 Å². The van der Waals surface area contributed by atoms with Gasteiger partial charge in [-0.05, 0) is 39.0 Å². The van der Waals surface area contributed by atoms with Crippen LogP contribution < -0.4 is 5.43 Å². The number of para-hydroxylation sites is 1. The van der Waals surface area contributed by atoms with Gasteiger partial charge in [0.25, 0.3) is 0 Å². The van der Waals surface area contributed by atoms with Crippen LogP contribution in [0.2, 0.25) is 0 Å². The summed E-state index contributed by atoms with van der Waals surface area (Å²) in [6.45, 7) is 6.75. The van der Waals surface area contributed by atoms with Crippen molar-refractivity contribution in [3.8, 4) is 0 Å². The highest BCUT2D eigenvalue weighted by Gasteiger charge is 2.01. The number of hydrazone groups is 1. The highest BCUT2D eigenvalue weighted by molar-refractivity contribution is 5.82. The first-order chi connectivity index (χ1) is 8.65. The first-order valence-corrected chi connectivity index (χ1v) is 6.00. The molecule has 1 aromatic heterocycles. The first kappa shape index (κ1) is 12.4. The molecule has 2 rings (SSSR count). The molecule has 0 aliphatic heterocycles. The van der Waals surface area contributed by atoms with E-state index in [-0.39, 0.29) is 0 Å². The third kappa shape index (κ3) is 3.20. The van der Waals surface area contributed by atoms with Crippen molar-refractivity contribution in [2.45, 2.75) is 27.3 Å². The summed E-state index contributed by atoms with van der Waals surface area (Å²) in [7, 11) is 0. The van der Waals surface area contributed by atoms with Crippen LogP contribution in [0.3, 0.4) is 0 Å². The van der Waals surface area contributed by atoms with E-state index in [9.17, 15) is 0 Å². The van der Waals surface area contributed by atoms with Crippen LogP contribution in [0.5, 0.6) is 0 Å². The number of aryl methyl sites for hydroxylation is 2. The number of benzene rings is 1. The van der Waals surface area contributed by atoms with Crippen LogP contribution in [-0.4, -0.2) is 15.5 Å². The molecule has 0 fully saturated rings. The molecule has 0 bridgehead atoms. The van der Waals surface area contributed by atoms with E-state index in [1.54, 1.807) is 0 Å². The lowest BCUT2D eigenvalue weighted by Gasteiger charge is -2.05. The molecule has 0 spiro atoms. The zero-order valence-electron chi connectivity index (χ0n) is 11.0. The molecule has 2 aromatic rings. The Hall–Kier alpha value is -2.10. The van der Waals surface area contributed by atoms with Gasteiger partial charge in [0.2, 0.25) is 0 Å². The molecular formula is C14H18N4. The molecule has 0 amide bonds. The Morgan fingerprint density at radius 2 is 2.00 bits per heavy atom. The number of nitrogens with one attached hydrogen (secondary N) is 1. The Balaban J connectivity index is 1.99. The molecule has 0 radical (unpaired) electrons. The summed E-state index contributed by atoms with van der Waals surface area (Å²) in [5, 5.41) is 8.76. The van der Waals surface area contributed by atoms with Gasteiger partial charge in [0.1, 0.15) is 0 Å². The maximum Gasteiger partial charge on any atom is 0.0810 e. The minimum Gasteiger partial charge on any atom is -0.279 e. The Bertz CT molecular complexity index is 540. The van der Waals surface area contributed by atoms with Crippen molar-refractivity contribution in [3.63, 3.8) is 0 Å². The Morgan fingerprint density at radius 3 is 2.61 bits per heavy atom. The van der Waals surface area contributed by atoms with Gasteiger partial charge in [0.15, 0.2) is 0 Å². The normalized spacial score (nSPS) is 11.6. The maximum absolute atomic E-state index is 4.41. The third-order valence-electron chi connectivity index (χ3n) is 2.63. The van der Waals surface area contributed by atoms with E-state index in [0.29, 0.717) is 6.54 Å². The lowest BCUT2D eigenvalue weighted by atomic mass is 10.3. The molecule has 0 saturated carbocycles. The minimum absolute atomic E-state index is 0.708. The molecular weight excluding hydrogens is 224 g/mol. The fourth-order valence-corrected chi connectivity index (χ4v) is 1.76. The SMILES string of the molecule is CC(Cn1nc(C)cc1C)=NNc1ccccc1. The van der Waals surface area contributed by atoms with Gasteiger partial charge in [0, 0.05) is 5.69 Å². The van der Waals surface area contributed by atoms with Gasteiger partial charge in [-0.25, -0.2) is 0 Å². The predicted octanol–water partition coefficient (Wildman–Crippen LogP) is 2.99. The van der Waals surface area contributed by atoms with Gasteiger partial charge in [-0.3, -0.25) is 10.1 Å². The van der Waals surface area contributed by atoms with Crippen molar-refractivity contribution in [1.29, 1.82) is 0 Å². The molecule has 4 nitrogen and oxygen atoms in total. The highest BCUT2D eigenvalue weighted by Crippen LogP contribution is 2.05. The van der Waals surface area contributed by atoms with E-state index in [4.69, 9.17) is 0 Å². The van der Waals surface area contributed by atoms with Crippen LogP contribution >= 0.6 is 0 Å². The molecule has 1 heterocycles. The molecule has 0 atom stereocenters. The molecule has 0 aliphatic rings. The number of hydrogen-bond acceptors (Lipinski definition) is 3. The first-order valence-electron chi connectivity index (χ1n) is 6.00. The Morgan fingerprint density at radius 1 is 1.28 bits per heavy atom. The summed E-state index contributed by atoms with van der Waals surface area (Å²) in [5.74, 6) is 0. The van der Waals surface area contributed by atoms with E-state index < -0.39 is 0 Å². The summed E-state index contributed by atoms with van der Waals surface area (Å²) in [6, 6.07) is 12.0. The molecule has 4 heteroatoms. The third-order valence-corrected chi connectivity index (χ3v) is 2.63. The van der Waals surface area contributed by atoms with E-state index in [2.05, 4.69) is 28.6 Å². The van der Waals surface area contributed by atoms with Gasteiger partial charge in [-0.1, -0.05) is 18.2 Å². The second kappa shape index (κ2) is 5.49. The van der Waals surface area contributed by atoms with Crippen molar-refractivity contribution in [2.24, 2.45) is 5.10 Å². The number of anilines is 1. The lowest BCUT2D eigenvalue weighted by Crippen LogP contribution is -2.11. The molecule has 18 heavy (non-hydrogen) atoms. The molecule has 0 aliphatic carbocycles. The monoisotopic (exact) mass is 242 g/mol. The summed E-state index contributed by atoms with van der Waals surface area (Å²) < 4.78 is 1.96. The van der Waals surface area contributed by atoms with Gasteiger partial charge in [0.05, 0.1) is 23.6 Å². The van der Waals surface area contributed by atoms with Gasteiger partial charge in [-0.15, -0.1) is 0 Å². The average Bonchev–Trinajstić information content (AvgIpc) is 2.67. The predicted molar refractivity (Wildman–Crippen MR) is 74.9 cm³/mol. The fourth-order valence-electron chi connectivity index (χ4n) is 1.76. The van der Waals surface area contributed by atoms with Crippen LogP contribution in [0.4, 0.5) is 5.69 Å². The fraction of sp³-hybridized carbons (Fsp3) is 0.286.